The largest absolute Gasteiger partial charge is 0.476 e. The second kappa shape index (κ2) is 3.00. The number of hydrogen-bond donors (Lipinski definition) is 1. The van der Waals surface area contributed by atoms with Gasteiger partial charge < -0.3 is 5.11 Å². The fourth-order valence-corrected chi connectivity index (χ4v) is 0.606. The number of aromatic nitrogens is 2. The number of alkyl halides is 3. The topological polar surface area (TPSA) is 63.1 Å². The highest BCUT2D eigenvalue weighted by molar-refractivity contribution is 5.84. The van der Waals surface area contributed by atoms with Crippen molar-refractivity contribution in [2.75, 3.05) is 0 Å². The quantitative estimate of drug-likeness (QED) is 0.725. The standard InChI is InChI=1S/C6H3F3N2O2/c7-6(8,9)4-2-10-1-3(11-4)5(12)13/h1-2H,(H,12,13). The second-order valence-electron chi connectivity index (χ2n) is 2.09. The Morgan fingerprint density at radius 3 is 2.46 bits per heavy atom. The van der Waals surface area contributed by atoms with Crippen LogP contribution in [0.15, 0.2) is 12.4 Å². The van der Waals surface area contributed by atoms with Gasteiger partial charge in [0.2, 0.25) is 0 Å². The van der Waals surface area contributed by atoms with Crippen molar-refractivity contribution in [1.82, 2.24) is 9.97 Å². The molecule has 0 unspecified atom stereocenters. The Balaban J connectivity index is 3.13. The van der Waals surface area contributed by atoms with Crippen LogP contribution in [0.25, 0.3) is 0 Å². The molecule has 1 heterocycles. The number of aromatic carboxylic acids is 1. The van der Waals surface area contributed by atoms with E-state index in [0.717, 1.165) is 6.20 Å². The van der Waals surface area contributed by atoms with Crippen LogP contribution in [0.5, 0.6) is 0 Å². The first kappa shape index (κ1) is 9.43. The van der Waals surface area contributed by atoms with Crippen LogP contribution in [0.1, 0.15) is 16.2 Å². The first-order valence-electron chi connectivity index (χ1n) is 3.04. The number of carboxylic acid groups (broad SMARTS) is 1. The molecular formula is C6H3F3N2O2. The van der Waals surface area contributed by atoms with Crippen molar-refractivity contribution >= 4 is 5.97 Å². The number of carbonyl (C=O) groups is 1. The van der Waals surface area contributed by atoms with E-state index in [1.54, 1.807) is 0 Å². The highest BCUT2D eigenvalue weighted by Crippen LogP contribution is 2.26. The minimum absolute atomic E-state index is 0.465. The molecule has 1 aromatic rings. The highest BCUT2D eigenvalue weighted by atomic mass is 19.4. The minimum atomic E-state index is -4.67. The Kier molecular flexibility index (Phi) is 2.18. The predicted octanol–water partition coefficient (Wildman–Crippen LogP) is 1.19. The molecule has 0 saturated carbocycles. The van der Waals surface area contributed by atoms with Crippen molar-refractivity contribution in [3.05, 3.63) is 23.8 Å². The summed E-state index contributed by atoms with van der Waals surface area (Å²) in [5, 5.41) is 8.31. The van der Waals surface area contributed by atoms with Crippen molar-refractivity contribution in [3.63, 3.8) is 0 Å². The van der Waals surface area contributed by atoms with Crippen molar-refractivity contribution in [1.29, 1.82) is 0 Å². The summed E-state index contributed by atoms with van der Waals surface area (Å²) < 4.78 is 35.8. The molecule has 0 amide bonds. The molecule has 0 aliphatic carbocycles. The van der Waals surface area contributed by atoms with Crippen LogP contribution in [0.3, 0.4) is 0 Å². The maximum Gasteiger partial charge on any atom is 0.434 e. The van der Waals surface area contributed by atoms with E-state index < -0.39 is 23.5 Å². The van der Waals surface area contributed by atoms with E-state index in [4.69, 9.17) is 5.11 Å². The van der Waals surface area contributed by atoms with Crippen molar-refractivity contribution in [2.24, 2.45) is 0 Å². The lowest BCUT2D eigenvalue weighted by molar-refractivity contribution is -0.141. The van der Waals surface area contributed by atoms with E-state index in [9.17, 15) is 18.0 Å². The highest BCUT2D eigenvalue weighted by Gasteiger charge is 2.33. The SMILES string of the molecule is O=C(O)c1cncc(C(F)(F)F)n1. The fourth-order valence-electron chi connectivity index (χ4n) is 0.606. The summed E-state index contributed by atoms with van der Waals surface area (Å²) in [7, 11) is 0. The lowest BCUT2D eigenvalue weighted by Crippen LogP contribution is -2.12. The third-order valence-corrected chi connectivity index (χ3v) is 1.14. The van der Waals surface area contributed by atoms with Crippen LogP contribution in [0.4, 0.5) is 13.2 Å². The summed E-state index contributed by atoms with van der Waals surface area (Å²) in [6.07, 6.45) is -3.46. The molecule has 0 radical (unpaired) electrons. The zero-order valence-corrected chi connectivity index (χ0v) is 6.04. The Bertz CT molecular complexity index is 337. The van der Waals surface area contributed by atoms with Gasteiger partial charge >= 0.3 is 12.1 Å². The average Bonchev–Trinajstić information content (AvgIpc) is 2.03. The smallest absolute Gasteiger partial charge is 0.434 e. The fraction of sp³-hybridized carbons (Fsp3) is 0.167. The molecule has 0 saturated heterocycles. The number of hydrogen-bond acceptors (Lipinski definition) is 3. The van der Waals surface area contributed by atoms with Gasteiger partial charge in [-0.1, -0.05) is 0 Å². The summed E-state index contributed by atoms with van der Waals surface area (Å²) in [4.78, 5) is 16.2. The first-order chi connectivity index (χ1) is 5.91. The Morgan fingerprint density at radius 1 is 1.38 bits per heavy atom. The van der Waals surface area contributed by atoms with Crippen molar-refractivity contribution < 1.29 is 23.1 Å². The maximum absolute atomic E-state index is 11.9. The van der Waals surface area contributed by atoms with Crippen LogP contribution in [-0.2, 0) is 6.18 Å². The molecule has 0 fully saturated rings. The molecular weight excluding hydrogens is 189 g/mol. The van der Waals surface area contributed by atoms with E-state index in [1.165, 1.54) is 0 Å². The van der Waals surface area contributed by atoms with Crippen LogP contribution < -0.4 is 0 Å². The van der Waals surface area contributed by atoms with Crippen LogP contribution in [0.2, 0.25) is 0 Å². The Morgan fingerprint density at radius 2 is 2.00 bits per heavy atom. The number of carboxylic acids is 1. The molecule has 1 rings (SSSR count). The summed E-state index contributed by atoms with van der Waals surface area (Å²) in [6, 6.07) is 0. The third-order valence-electron chi connectivity index (χ3n) is 1.14. The molecule has 13 heavy (non-hydrogen) atoms. The number of halogens is 3. The van der Waals surface area contributed by atoms with E-state index in [2.05, 4.69) is 9.97 Å². The third kappa shape index (κ3) is 2.14. The van der Waals surface area contributed by atoms with Crippen LogP contribution in [-0.4, -0.2) is 21.0 Å². The molecule has 0 aliphatic heterocycles. The first-order valence-corrected chi connectivity index (χ1v) is 3.04. The lowest BCUT2D eigenvalue weighted by Gasteiger charge is -2.04. The van der Waals surface area contributed by atoms with Crippen LogP contribution in [0, 0.1) is 0 Å². The predicted molar refractivity (Wildman–Crippen MR) is 34.0 cm³/mol. The monoisotopic (exact) mass is 192 g/mol. The summed E-state index contributed by atoms with van der Waals surface area (Å²) in [5.41, 5.74) is -2.04. The molecule has 4 nitrogen and oxygen atoms in total. The molecule has 1 aromatic heterocycles. The van der Waals surface area contributed by atoms with Gasteiger partial charge in [-0.3, -0.25) is 4.98 Å². The minimum Gasteiger partial charge on any atom is -0.476 e. The Hall–Kier alpha value is -1.66. The van der Waals surface area contributed by atoms with E-state index in [-0.39, 0.29) is 0 Å². The van der Waals surface area contributed by atoms with Crippen molar-refractivity contribution in [2.45, 2.75) is 6.18 Å². The van der Waals surface area contributed by atoms with Gasteiger partial charge in [0, 0.05) is 0 Å². The van der Waals surface area contributed by atoms with Gasteiger partial charge in [0.15, 0.2) is 11.4 Å². The van der Waals surface area contributed by atoms with Gasteiger partial charge in [0.05, 0.1) is 12.4 Å². The van der Waals surface area contributed by atoms with Crippen LogP contribution >= 0.6 is 0 Å². The lowest BCUT2D eigenvalue weighted by atomic mass is 10.4. The van der Waals surface area contributed by atoms with Gasteiger partial charge in [0.25, 0.3) is 0 Å². The maximum atomic E-state index is 11.9. The van der Waals surface area contributed by atoms with Gasteiger partial charge in [-0.05, 0) is 0 Å². The molecule has 0 spiro atoms. The Labute approximate surface area is 70.1 Å². The van der Waals surface area contributed by atoms with Gasteiger partial charge in [-0.15, -0.1) is 0 Å². The second-order valence-corrected chi connectivity index (χ2v) is 2.09. The van der Waals surface area contributed by atoms with E-state index >= 15 is 0 Å². The number of nitrogens with zero attached hydrogens (tertiary/aromatic N) is 2. The zero-order valence-electron chi connectivity index (χ0n) is 6.04. The average molecular weight is 192 g/mol. The molecule has 0 aromatic carbocycles. The van der Waals surface area contributed by atoms with E-state index in [1.807, 2.05) is 0 Å². The normalized spacial score (nSPS) is 11.3. The van der Waals surface area contributed by atoms with Gasteiger partial charge in [0.1, 0.15) is 0 Å². The number of rotatable bonds is 1. The van der Waals surface area contributed by atoms with E-state index in [0.29, 0.717) is 6.20 Å². The molecule has 1 N–H and O–H groups in total. The summed E-state index contributed by atoms with van der Waals surface area (Å²) in [5.74, 6) is -1.54. The molecule has 0 bridgehead atoms. The molecule has 0 atom stereocenters. The van der Waals surface area contributed by atoms with Crippen molar-refractivity contribution in [3.8, 4) is 0 Å². The zero-order chi connectivity index (χ0) is 10.1. The van der Waals surface area contributed by atoms with Gasteiger partial charge in [-0.2, -0.15) is 13.2 Å². The molecule has 70 valence electrons. The molecule has 0 aliphatic rings. The molecule has 7 heteroatoms. The summed E-state index contributed by atoms with van der Waals surface area (Å²) >= 11 is 0. The summed E-state index contributed by atoms with van der Waals surface area (Å²) in [6.45, 7) is 0. The van der Waals surface area contributed by atoms with Gasteiger partial charge in [-0.25, -0.2) is 9.78 Å².